The summed E-state index contributed by atoms with van der Waals surface area (Å²) in [5.74, 6) is 11.7. The number of benzene rings is 5. The highest BCUT2D eigenvalue weighted by Gasteiger charge is 2.55. The van der Waals surface area contributed by atoms with Crippen molar-refractivity contribution in [3.05, 3.63) is 138 Å². The van der Waals surface area contributed by atoms with Gasteiger partial charge in [-0.05, 0) is 231 Å². The lowest BCUT2D eigenvalue weighted by molar-refractivity contribution is -0.132. The summed E-state index contributed by atoms with van der Waals surface area (Å²) in [4.78, 5) is 0. The second kappa shape index (κ2) is 25.0. The molecule has 6 nitrogen and oxygen atoms in total. The van der Waals surface area contributed by atoms with Gasteiger partial charge in [0.25, 0.3) is 0 Å². The number of hydrogen-bond acceptors (Lipinski definition) is 6. The predicted octanol–water partition coefficient (Wildman–Crippen LogP) is 17.6. The summed E-state index contributed by atoms with van der Waals surface area (Å²) >= 11 is 0. The van der Waals surface area contributed by atoms with Crippen LogP contribution in [0.25, 0.3) is 16.8 Å². The van der Waals surface area contributed by atoms with Gasteiger partial charge in [-0.3, -0.25) is 0 Å². The lowest BCUT2D eigenvalue weighted by Crippen LogP contribution is -2.34. The zero-order valence-electron chi connectivity index (χ0n) is 45.1. The third-order valence-corrected chi connectivity index (χ3v) is 18.4. The minimum atomic E-state index is -0.168. The van der Waals surface area contributed by atoms with Crippen molar-refractivity contribution in [1.82, 2.24) is 0 Å². The summed E-state index contributed by atoms with van der Waals surface area (Å²) < 4.78 is 24.6. The maximum Gasteiger partial charge on any atom is 0.197 e. The first-order chi connectivity index (χ1) is 34.8. The molecule has 0 radical (unpaired) electrons. The second-order valence-electron chi connectivity index (χ2n) is 22.7. The Hall–Kier alpha value is -4.78. The summed E-state index contributed by atoms with van der Waals surface area (Å²) in [5, 5.41) is 20.7. The Morgan fingerprint density at radius 1 is 0.472 bits per heavy atom. The van der Waals surface area contributed by atoms with Gasteiger partial charge in [0.1, 0.15) is 23.0 Å². The van der Waals surface area contributed by atoms with Crippen molar-refractivity contribution in [1.29, 1.82) is 0 Å². The van der Waals surface area contributed by atoms with Crippen LogP contribution in [0.4, 0.5) is 0 Å². The fraction of sp³-hybridized carbons (Fsp3) is 0.545. The van der Waals surface area contributed by atoms with E-state index in [1.165, 1.54) is 92.7 Å². The lowest BCUT2D eigenvalue weighted by Gasteiger charge is -2.33. The fourth-order valence-corrected chi connectivity index (χ4v) is 13.9. The molecule has 6 fully saturated rings. The van der Waals surface area contributed by atoms with E-state index in [2.05, 4.69) is 97.5 Å². The molecule has 5 aromatic rings. The molecule has 6 saturated carbocycles. The van der Waals surface area contributed by atoms with Crippen LogP contribution in [-0.2, 0) is 9.47 Å². The van der Waals surface area contributed by atoms with Gasteiger partial charge in [0, 0.05) is 0 Å². The third kappa shape index (κ3) is 13.1. The maximum atomic E-state index is 9.35. The largest absolute Gasteiger partial charge is 0.508 e. The molecular weight excluding hydrogens is 889 g/mol. The van der Waals surface area contributed by atoms with Gasteiger partial charge in [-0.25, -0.2) is 0 Å². The molecule has 0 amide bonds. The Labute approximate surface area is 433 Å². The summed E-state index contributed by atoms with van der Waals surface area (Å²) in [6.07, 6.45) is 19.9. The molecule has 0 saturated heterocycles. The number of phenolic OH excluding ortho intramolecular Hbond substituents is 2. The zero-order valence-corrected chi connectivity index (χ0v) is 45.1. The highest BCUT2D eigenvalue weighted by Crippen LogP contribution is 2.60. The molecule has 0 aromatic heterocycles. The number of rotatable bonds is 15. The number of hydrogen-bond donors (Lipinski definition) is 2. The van der Waals surface area contributed by atoms with E-state index in [0.717, 1.165) is 82.6 Å². The van der Waals surface area contributed by atoms with Crippen LogP contribution in [0.5, 0.6) is 23.0 Å². The van der Waals surface area contributed by atoms with E-state index in [0.29, 0.717) is 41.5 Å². The molecule has 6 heteroatoms. The van der Waals surface area contributed by atoms with Crippen molar-refractivity contribution >= 4 is 16.8 Å². The van der Waals surface area contributed by atoms with Gasteiger partial charge >= 0.3 is 0 Å². The molecule has 15 unspecified atom stereocenters. The summed E-state index contributed by atoms with van der Waals surface area (Å²) in [6, 6.07) is 36.0. The highest BCUT2D eigenvalue weighted by atomic mass is 16.7. The molecule has 4 bridgehead atoms. The SMILES string of the molecule is C=Cc1ccc(OC(C)OC2CC3CC2C2CCCC32)cc1.CCC(C)c1ccc(O)cc1.CCC(C)c1ccc(OC(C)OC2CC3CC2C2CCCC32)cc1.CCC(C)c1ccc2cc(O)ccc2c1. The molecule has 0 heterocycles. The van der Waals surface area contributed by atoms with E-state index in [9.17, 15) is 5.11 Å². The number of fused-ring (bicyclic) bond motifs is 11. The van der Waals surface area contributed by atoms with Crippen molar-refractivity contribution in [2.75, 3.05) is 0 Å². The maximum absolute atomic E-state index is 9.35. The summed E-state index contributed by atoms with van der Waals surface area (Å²) in [6.45, 7) is 21.1. The number of ether oxygens (including phenoxy) is 4. The Balaban J connectivity index is 0.000000134. The topological polar surface area (TPSA) is 77.4 Å². The standard InChI is InChI=1S/C22H32O2.C20H26O2.C14H16O.C10H14O/c1-4-14(2)16-8-10-18(11-9-16)23-15(3)24-22-13-17-12-21(22)20-7-5-6-19(17)20;1-3-14-7-9-16(10-8-14)21-13(2)22-20-12-15-11-19(20)18-6-4-5-17(15)18;1-3-10(2)11-4-5-13-9-14(15)7-6-12(13)8-11;1-3-8(2)9-4-6-10(11)7-5-9/h8-11,14-15,17,19-22H,4-7,12-13H2,1-3H3;3,7-10,13,15,17-20H,1,4-6,11-12H2,2H3;4-10,15H,3H2,1-2H3;4-8,11H,3H2,1-2H3. The van der Waals surface area contributed by atoms with E-state index < -0.39 is 0 Å². The first kappa shape index (κ1) is 53.5. The van der Waals surface area contributed by atoms with E-state index >= 15 is 0 Å². The van der Waals surface area contributed by atoms with Crippen LogP contribution in [0, 0.1) is 47.3 Å². The van der Waals surface area contributed by atoms with Gasteiger partial charge in [-0.2, -0.15) is 0 Å². The third-order valence-electron chi connectivity index (χ3n) is 18.4. The van der Waals surface area contributed by atoms with Crippen molar-refractivity contribution in [3.63, 3.8) is 0 Å². The van der Waals surface area contributed by atoms with Crippen LogP contribution >= 0.6 is 0 Å². The number of phenols is 2. The summed E-state index contributed by atoms with van der Waals surface area (Å²) in [7, 11) is 0. The van der Waals surface area contributed by atoms with Gasteiger partial charge in [0.2, 0.25) is 0 Å². The average Bonchev–Trinajstić information content (AvgIpc) is 4.28. The van der Waals surface area contributed by atoms with Gasteiger partial charge in [0.15, 0.2) is 12.6 Å². The molecule has 6 aliphatic carbocycles. The van der Waals surface area contributed by atoms with Crippen molar-refractivity contribution in [2.45, 2.75) is 181 Å². The molecule has 388 valence electrons. The molecular formula is C66H88O6. The molecule has 2 N–H and O–H groups in total. The predicted molar refractivity (Wildman–Crippen MR) is 297 cm³/mol. The highest BCUT2D eigenvalue weighted by molar-refractivity contribution is 5.84. The Morgan fingerprint density at radius 3 is 1.36 bits per heavy atom. The smallest absolute Gasteiger partial charge is 0.197 e. The lowest BCUT2D eigenvalue weighted by atomic mass is 9.80. The summed E-state index contributed by atoms with van der Waals surface area (Å²) in [5.41, 5.74) is 5.17. The van der Waals surface area contributed by atoms with Crippen LogP contribution in [0.1, 0.15) is 179 Å². The van der Waals surface area contributed by atoms with Crippen molar-refractivity contribution < 1.29 is 29.2 Å². The molecule has 0 spiro atoms. The minimum Gasteiger partial charge on any atom is -0.508 e. The molecule has 11 rings (SSSR count). The van der Waals surface area contributed by atoms with Crippen LogP contribution in [0.3, 0.4) is 0 Å². The van der Waals surface area contributed by atoms with E-state index in [1.807, 2.05) is 55.5 Å². The minimum absolute atomic E-state index is 0.149. The second-order valence-corrected chi connectivity index (χ2v) is 22.7. The first-order valence-electron chi connectivity index (χ1n) is 28.3. The van der Waals surface area contributed by atoms with E-state index in [1.54, 1.807) is 24.3 Å². The van der Waals surface area contributed by atoms with E-state index in [4.69, 9.17) is 24.1 Å². The van der Waals surface area contributed by atoms with Crippen LogP contribution in [-0.4, -0.2) is 35.0 Å². The quantitative estimate of drug-likeness (QED) is 0.102. The molecule has 0 aliphatic heterocycles. The van der Waals surface area contributed by atoms with Gasteiger partial charge in [-0.15, -0.1) is 0 Å². The van der Waals surface area contributed by atoms with Gasteiger partial charge < -0.3 is 29.2 Å². The first-order valence-corrected chi connectivity index (χ1v) is 28.3. The van der Waals surface area contributed by atoms with Crippen LogP contribution in [0.15, 0.2) is 116 Å². The molecule has 6 aliphatic rings. The van der Waals surface area contributed by atoms with Crippen LogP contribution < -0.4 is 9.47 Å². The van der Waals surface area contributed by atoms with Crippen LogP contribution in [0.2, 0.25) is 0 Å². The van der Waals surface area contributed by atoms with Gasteiger partial charge in [0.05, 0.1) is 12.2 Å². The monoisotopic (exact) mass is 977 g/mol. The van der Waals surface area contributed by atoms with Crippen molar-refractivity contribution in [2.24, 2.45) is 47.3 Å². The zero-order chi connectivity index (χ0) is 50.9. The van der Waals surface area contributed by atoms with Crippen molar-refractivity contribution in [3.8, 4) is 23.0 Å². The normalized spacial score (nSPS) is 28.2. The fourth-order valence-electron chi connectivity index (χ4n) is 13.9. The molecule has 72 heavy (non-hydrogen) atoms. The number of aromatic hydroxyl groups is 2. The van der Waals surface area contributed by atoms with E-state index in [-0.39, 0.29) is 12.6 Å². The molecule has 5 aromatic carbocycles. The molecule has 15 atom stereocenters. The Morgan fingerprint density at radius 2 is 0.875 bits per heavy atom. The Kier molecular flexibility index (Phi) is 18.6. The average molecular weight is 977 g/mol. The Bertz CT molecular complexity index is 2450. The van der Waals surface area contributed by atoms with Gasteiger partial charge in [-0.1, -0.05) is 128 Å².